The van der Waals surface area contributed by atoms with Gasteiger partial charge in [0, 0.05) is 48.8 Å². The molecule has 1 amide bonds. The van der Waals surface area contributed by atoms with Gasteiger partial charge in [-0.25, -0.2) is 23.5 Å². The Kier molecular flexibility index (Phi) is 5.29. The first-order chi connectivity index (χ1) is 14.4. The Hall–Kier alpha value is -3.20. The minimum absolute atomic E-state index is 0.0929. The number of piperazine rings is 1. The molecule has 0 spiro atoms. The molecular formula is C20H17ClF2N4O3. The molecule has 0 atom stereocenters. The summed E-state index contributed by atoms with van der Waals surface area (Å²) in [6.45, 7) is 1.58. The number of hydrogen-bond acceptors (Lipinski definition) is 5. The highest BCUT2D eigenvalue weighted by atomic mass is 35.5. The molecular weight excluding hydrogens is 418 g/mol. The number of carboxylic acid groups (broad SMARTS) is 1. The first-order valence-electron chi connectivity index (χ1n) is 9.10. The molecule has 1 fully saturated rings. The van der Waals surface area contributed by atoms with Gasteiger partial charge in [-0.05, 0) is 18.2 Å². The van der Waals surface area contributed by atoms with Crippen molar-refractivity contribution in [1.82, 2.24) is 14.9 Å². The zero-order valence-corrected chi connectivity index (χ0v) is 16.7. The van der Waals surface area contributed by atoms with Gasteiger partial charge in [-0.15, -0.1) is 0 Å². The molecule has 30 heavy (non-hydrogen) atoms. The number of halogens is 3. The van der Waals surface area contributed by atoms with Gasteiger partial charge in [0.2, 0.25) is 0 Å². The average Bonchev–Trinajstić information content (AvgIpc) is 2.73. The van der Waals surface area contributed by atoms with Crippen molar-refractivity contribution in [3.05, 3.63) is 47.2 Å². The second-order valence-electron chi connectivity index (χ2n) is 6.74. The van der Waals surface area contributed by atoms with Crippen LogP contribution in [0.1, 0.15) is 0 Å². The number of amides is 1. The van der Waals surface area contributed by atoms with Crippen molar-refractivity contribution in [1.29, 1.82) is 0 Å². The van der Waals surface area contributed by atoms with E-state index in [-0.39, 0.29) is 21.9 Å². The Bertz CT molecular complexity index is 1140. The summed E-state index contributed by atoms with van der Waals surface area (Å²) >= 11 is 6.51. The first-order valence-corrected chi connectivity index (χ1v) is 9.48. The van der Waals surface area contributed by atoms with Crippen molar-refractivity contribution < 1.29 is 23.4 Å². The van der Waals surface area contributed by atoms with Crippen molar-refractivity contribution in [3.63, 3.8) is 0 Å². The van der Waals surface area contributed by atoms with Crippen LogP contribution in [0.2, 0.25) is 5.02 Å². The Morgan fingerprint density at radius 3 is 2.53 bits per heavy atom. The van der Waals surface area contributed by atoms with Gasteiger partial charge in [-0.2, -0.15) is 0 Å². The van der Waals surface area contributed by atoms with E-state index in [0.29, 0.717) is 42.9 Å². The summed E-state index contributed by atoms with van der Waals surface area (Å²) in [6.07, 6.45) is 0.403. The molecule has 3 aromatic rings. The number of nitrogens with zero attached hydrogens (tertiary/aromatic N) is 4. The number of aromatic nitrogens is 2. The minimum Gasteiger partial charge on any atom is -0.494 e. The van der Waals surface area contributed by atoms with Crippen molar-refractivity contribution in [2.45, 2.75) is 0 Å². The lowest BCUT2D eigenvalue weighted by Crippen LogP contribution is -2.48. The maximum absolute atomic E-state index is 14.5. The smallest absolute Gasteiger partial charge is 0.407 e. The number of ether oxygens (including phenoxy) is 1. The van der Waals surface area contributed by atoms with E-state index in [1.54, 1.807) is 6.07 Å². The quantitative estimate of drug-likeness (QED) is 0.670. The number of fused-ring (bicyclic) bond motifs is 1. The summed E-state index contributed by atoms with van der Waals surface area (Å²) in [5.41, 5.74) is 0.784. The summed E-state index contributed by atoms with van der Waals surface area (Å²) < 4.78 is 33.4. The number of benzene rings is 2. The third-order valence-electron chi connectivity index (χ3n) is 5.07. The van der Waals surface area contributed by atoms with E-state index >= 15 is 0 Å². The third-order valence-corrected chi connectivity index (χ3v) is 5.37. The number of anilines is 1. The fraction of sp³-hybridized carbons (Fsp3) is 0.250. The van der Waals surface area contributed by atoms with Gasteiger partial charge in [-0.1, -0.05) is 11.6 Å². The lowest BCUT2D eigenvalue weighted by atomic mass is 10.0. The molecule has 0 saturated carbocycles. The van der Waals surface area contributed by atoms with Crippen LogP contribution in [0.3, 0.4) is 0 Å². The van der Waals surface area contributed by atoms with Crippen LogP contribution >= 0.6 is 11.6 Å². The molecule has 1 aliphatic rings. The van der Waals surface area contributed by atoms with Crippen LogP contribution in [0.5, 0.6) is 5.75 Å². The summed E-state index contributed by atoms with van der Waals surface area (Å²) in [5, 5.41) is 9.93. The topological polar surface area (TPSA) is 78.8 Å². The maximum atomic E-state index is 14.5. The van der Waals surface area contributed by atoms with Gasteiger partial charge in [-0.3, -0.25) is 0 Å². The largest absolute Gasteiger partial charge is 0.494 e. The Morgan fingerprint density at radius 2 is 1.90 bits per heavy atom. The highest BCUT2D eigenvalue weighted by molar-refractivity contribution is 6.35. The molecule has 0 radical (unpaired) electrons. The molecule has 0 bridgehead atoms. The molecule has 4 rings (SSSR count). The number of carbonyl (C=O) groups is 1. The molecule has 10 heteroatoms. The fourth-order valence-corrected chi connectivity index (χ4v) is 3.93. The maximum Gasteiger partial charge on any atom is 0.407 e. The van der Waals surface area contributed by atoms with Gasteiger partial charge < -0.3 is 19.6 Å². The highest BCUT2D eigenvalue weighted by Gasteiger charge is 2.25. The van der Waals surface area contributed by atoms with E-state index < -0.39 is 17.7 Å². The van der Waals surface area contributed by atoms with Crippen LogP contribution in [0.15, 0.2) is 30.6 Å². The van der Waals surface area contributed by atoms with Gasteiger partial charge in [0.05, 0.1) is 12.1 Å². The molecule has 2 heterocycles. The molecule has 1 saturated heterocycles. The SMILES string of the molecule is COc1c(-c2ccc(F)cc2F)c(Cl)cc2c(N3CCN(C(=O)O)CC3)ncnc12. The molecule has 7 nitrogen and oxygen atoms in total. The van der Waals surface area contributed by atoms with Crippen molar-refractivity contribution in [2.24, 2.45) is 0 Å². The van der Waals surface area contributed by atoms with Crippen molar-refractivity contribution in [2.75, 3.05) is 38.2 Å². The normalized spacial score (nSPS) is 14.3. The monoisotopic (exact) mass is 434 g/mol. The summed E-state index contributed by atoms with van der Waals surface area (Å²) in [5.74, 6) is -0.641. The van der Waals surface area contributed by atoms with Crippen LogP contribution in [0.4, 0.5) is 19.4 Å². The number of hydrogen-bond donors (Lipinski definition) is 1. The Morgan fingerprint density at radius 1 is 1.17 bits per heavy atom. The van der Waals surface area contributed by atoms with Crippen LogP contribution < -0.4 is 9.64 Å². The van der Waals surface area contributed by atoms with E-state index in [0.717, 1.165) is 12.1 Å². The summed E-state index contributed by atoms with van der Waals surface area (Å²) in [7, 11) is 1.42. The summed E-state index contributed by atoms with van der Waals surface area (Å²) in [4.78, 5) is 23.1. The lowest BCUT2D eigenvalue weighted by molar-refractivity contribution is 0.142. The van der Waals surface area contributed by atoms with Crippen LogP contribution in [-0.4, -0.2) is 59.4 Å². The standard InChI is InChI=1S/C20H17ClF2N4O3/c1-30-18-16(12-3-2-11(22)8-15(12)23)14(21)9-13-17(18)24-10-25-19(13)26-4-6-27(7-5-26)20(28)29/h2-3,8-10H,4-7H2,1H3,(H,28,29). The zero-order chi connectivity index (χ0) is 21.4. The second-order valence-corrected chi connectivity index (χ2v) is 7.15. The van der Waals surface area contributed by atoms with E-state index in [1.807, 2.05) is 4.90 Å². The van der Waals surface area contributed by atoms with Gasteiger partial charge in [0.25, 0.3) is 0 Å². The van der Waals surface area contributed by atoms with Gasteiger partial charge >= 0.3 is 6.09 Å². The Balaban J connectivity index is 1.84. The van der Waals surface area contributed by atoms with Gasteiger partial charge in [0.15, 0.2) is 5.75 Å². The molecule has 0 unspecified atom stereocenters. The summed E-state index contributed by atoms with van der Waals surface area (Å²) in [6, 6.07) is 4.85. The molecule has 1 aromatic heterocycles. The van der Waals surface area contributed by atoms with Crippen LogP contribution in [-0.2, 0) is 0 Å². The minimum atomic E-state index is -0.960. The fourth-order valence-electron chi connectivity index (χ4n) is 3.63. The Labute approximate surface area is 175 Å². The zero-order valence-electron chi connectivity index (χ0n) is 15.9. The van der Waals surface area contributed by atoms with Gasteiger partial charge in [0.1, 0.15) is 29.3 Å². The van der Waals surface area contributed by atoms with Crippen molar-refractivity contribution >= 4 is 34.4 Å². The van der Waals surface area contributed by atoms with Crippen LogP contribution in [0, 0.1) is 11.6 Å². The lowest BCUT2D eigenvalue weighted by Gasteiger charge is -2.34. The van der Waals surface area contributed by atoms with E-state index in [4.69, 9.17) is 21.4 Å². The first kappa shape index (κ1) is 20.1. The van der Waals surface area contributed by atoms with E-state index in [9.17, 15) is 13.6 Å². The number of methoxy groups -OCH3 is 1. The predicted molar refractivity (Wildman–Crippen MR) is 108 cm³/mol. The molecule has 1 aliphatic heterocycles. The second kappa shape index (κ2) is 7.91. The van der Waals surface area contributed by atoms with Crippen LogP contribution in [0.25, 0.3) is 22.0 Å². The highest BCUT2D eigenvalue weighted by Crippen LogP contribution is 2.44. The number of rotatable bonds is 3. The third kappa shape index (κ3) is 3.45. The molecule has 1 N–H and O–H groups in total. The average molecular weight is 435 g/mol. The molecule has 2 aromatic carbocycles. The molecule has 0 aliphatic carbocycles. The van der Waals surface area contributed by atoms with E-state index in [1.165, 1.54) is 24.4 Å². The van der Waals surface area contributed by atoms with E-state index in [2.05, 4.69) is 9.97 Å². The predicted octanol–water partition coefficient (Wildman–Crippen LogP) is 4.04. The molecule has 156 valence electrons. The van der Waals surface area contributed by atoms with Crippen molar-refractivity contribution in [3.8, 4) is 16.9 Å².